The van der Waals surface area contributed by atoms with Crippen LogP contribution in [0.1, 0.15) is 37.2 Å². The summed E-state index contributed by atoms with van der Waals surface area (Å²) in [6.07, 6.45) is 0. The van der Waals surface area contributed by atoms with Gasteiger partial charge in [-0.15, -0.1) is 11.3 Å². The highest BCUT2D eigenvalue weighted by Crippen LogP contribution is 2.26. The Morgan fingerprint density at radius 1 is 0.667 bits per heavy atom. The second kappa shape index (κ2) is 9.20. The van der Waals surface area contributed by atoms with E-state index in [2.05, 4.69) is 10.6 Å². The summed E-state index contributed by atoms with van der Waals surface area (Å²) in [6.45, 7) is 0. The molecule has 1 heterocycles. The molecule has 2 N–H and O–H groups in total. The smallest absolute Gasteiger partial charge is 0.255 e. The van der Waals surface area contributed by atoms with Gasteiger partial charge in [-0.05, 0) is 53.4 Å². The molecule has 5 heteroatoms. The number of carbonyl (C=O) groups excluding carboxylic acids is 2. The van der Waals surface area contributed by atoms with Crippen molar-refractivity contribution in [1.82, 2.24) is 5.32 Å². The van der Waals surface area contributed by atoms with Crippen LogP contribution in [0.15, 0.2) is 102 Å². The van der Waals surface area contributed by atoms with E-state index >= 15 is 0 Å². The summed E-state index contributed by atoms with van der Waals surface area (Å²) < 4.78 is 0. The minimum atomic E-state index is -0.212. The summed E-state index contributed by atoms with van der Waals surface area (Å²) in [5.41, 5.74) is 2.78. The molecule has 0 aliphatic rings. The first kappa shape index (κ1) is 19.6. The Labute approximate surface area is 179 Å². The molecular formula is C25H20N2O2S. The molecule has 1 aromatic heterocycles. The average Bonchev–Trinajstić information content (AvgIpc) is 3.33. The fourth-order valence-corrected chi connectivity index (χ4v) is 3.93. The van der Waals surface area contributed by atoms with Gasteiger partial charge in [0.15, 0.2) is 0 Å². The molecule has 4 aromatic rings. The number of nitrogens with one attached hydrogen (secondary N) is 2. The maximum Gasteiger partial charge on any atom is 0.255 e. The summed E-state index contributed by atoms with van der Waals surface area (Å²) in [7, 11) is 0. The van der Waals surface area contributed by atoms with E-state index in [1.807, 2.05) is 66.0 Å². The zero-order chi connectivity index (χ0) is 20.8. The summed E-state index contributed by atoms with van der Waals surface area (Å²) in [5, 5.41) is 7.97. The molecule has 1 atom stereocenters. The van der Waals surface area contributed by atoms with Crippen LogP contribution in [0.4, 0.5) is 5.69 Å². The van der Waals surface area contributed by atoms with Crippen molar-refractivity contribution in [3.05, 3.63) is 124 Å². The number of anilines is 1. The number of thiophene rings is 1. The largest absolute Gasteiger partial charge is 0.340 e. The lowest BCUT2D eigenvalue weighted by Gasteiger charge is -2.18. The van der Waals surface area contributed by atoms with E-state index in [1.165, 1.54) is 0 Å². The highest BCUT2D eigenvalue weighted by molar-refractivity contribution is 7.10. The van der Waals surface area contributed by atoms with E-state index < -0.39 is 0 Å². The van der Waals surface area contributed by atoms with E-state index in [9.17, 15) is 9.59 Å². The first-order chi connectivity index (χ1) is 14.7. The van der Waals surface area contributed by atoms with Gasteiger partial charge in [0.25, 0.3) is 11.8 Å². The van der Waals surface area contributed by atoms with Crippen LogP contribution >= 0.6 is 11.3 Å². The number of carbonyl (C=O) groups is 2. The van der Waals surface area contributed by atoms with Crippen molar-refractivity contribution >= 4 is 28.8 Å². The minimum Gasteiger partial charge on any atom is -0.340 e. The van der Waals surface area contributed by atoms with Gasteiger partial charge in [0.1, 0.15) is 0 Å². The van der Waals surface area contributed by atoms with E-state index in [1.54, 1.807) is 47.7 Å². The van der Waals surface area contributed by atoms with E-state index in [4.69, 9.17) is 0 Å². The molecule has 0 aliphatic heterocycles. The quantitative estimate of drug-likeness (QED) is 0.438. The van der Waals surface area contributed by atoms with Gasteiger partial charge in [-0.1, -0.05) is 54.6 Å². The average molecular weight is 413 g/mol. The van der Waals surface area contributed by atoms with Crippen molar-refractivity contribution < 1.29 is 9.59 Å². The SMILES string of the molecule is O=C(Nc1ccc(C(=O)NC(c2ccccc2)c2cccs2)cc1)c1ccccc1. The minimum absolute atomic E-state index is 0.168. The molecule has 3 aromatic carbocycles. The fraction of sp³-hybridized carbons (Fsp3) is 0.0400. The number of rotatable bonds is 6. The lowest BCUT2D eigenvalue weighted by Crippen LogP contribution is -2.28. The molecule has 0 saturated carbocycles. The lowest BCUT2D eigenvalue weighted by molar-refractivity contribution is 0.0943. The van der Waals surface area contributed by atoms with Crippen LogP contribution in [0.5, 0.6) is 0 Å². The van der Waals surface area contributed by atoms with Gasteiger partial charge < -0.3 is 10.6 Å². The van der Waals surface area contributed by atoms with Gasteiger partial charge in [-0.2, -0.15) is 0 Å². The first-order valence-corrected chi connectivity index (χ1v) is 10.4. The van der Waals surface area contributed by atoms with Crippen molar-refractivity contribution in [2.45, 2.75) is 6.04 Å². The first-order valence-electron chi connectivity index (χ1n) is 9.56. The summed E-state index contributed by atoms with van der Waals surface area (Å²) >= 11 is 1.61. The van der Waals surface area contributed by atoms with Crippen molar-refractivity contribution in [3.8, 4) is 0 Å². The Morgan fingerprint density at radius 3 is 1.93 bits per heavy atom. The molecule has 4 rings (SSSR count). The predicted molar refractivity (Wildman–Crippen MR) is 121 cm³/mol. The van der Waals surface area contributed by atoms with Crippen LogP contribution in [0.25, 0.3) is 0 Å². The maximum absolute atomic E-state index is 12.9. The Balaban J connectivity index is 1.47. The third kappa shape index (κ3) is 4.64. The zero-order valence-corrected chi connectivity index (χ0v) is 16.9. The normalized spacial score (nSPS) is 11.5. The molecule has 0 aliphatic carbocycles. The Bertz CT molecular complexity index is 1110. The summed E-state index contributed by atoms with van der Waals surface area (Å²) in [5.74, 6) is -0.354. The van der Waals surface area contributed by atoms with Crippen LogP contribution in [-0.2, 0) is 0 Å². The molecule has 0 radical (unpaired) electrons. The third-order valence-electron chi connectivity index (χ3n) is 4.68. The molecule has 4 nitrogen and oxygen atoms in total. The van der Waals surface area contributed by atoms with Crippen LogP contribution < -0.4 is 10.6 Å². The molecule has 0 fully saturated rings. The van der Waals surface area contributed by atoms with E-state index in [0.29, 0.717) is 16.8 Å². The maximum atomic E-state index is 12.9. The van der Waals surface area contributed by atoms with Gasteiger partial charge >= 0.3 is 0 Å². The number of hydrogen-bond acceptors (Lipinski definition) is 3. The standard InChI is InChI=1S/C25H20N2O2S/c28-24(19-10-5-2-6-11-19)26-21-15-13-20(14-16-21)25(29)27-23(22-12-7-17-30-22)18-8-3-1-4-9-18/h1-17,23H,(H,26,28)(H,27,29). The summed E-state index contributed by atoms with van der Waals surface area (Å²) in [6, 6.07) is 29.6. The second-order valence-corrected chi connectivity index (χ2v) is 7.71. The van der Waals surface area contributed by atoms with Crippen LogP contribution in [0.2, 0.25) is 0 Å². The molecule has 0 spiro atoms. The van der Waals surface area contributed by atoms with Gasteiger partial charge in [0.2, 0.25) is 0 Å². The highest BCUT2D eigenvalue weighted by Gasteiger charge is 2.18. The van der Waals surface area contributed by atoms with Crippen molar-refractivity contribution in [2.24, 2.45) is 0 Å². The molecule has 0 bridgehead atoms. The number of benzene rings is 3. The molecule has 30 heavy (non-hydrogen) atoms. The van der Waals surface area contributed by atoms with Crippen molar-refractivity contribution in [2.75, 3.05) is 5.32 Å². The van der Waals surface area contributed by atoms with E-state index in [0.717, 1.165) is 10.4 Å². The van der Waals surface area contributed by atoms with Gasteiger partial charge in [0, 0.05) is 21.7 Å². The van der Waals surface area contributed by atoms with Crippen LogP contribution in [0, 0.1) is 0 Å². The topological polar surface area (TPSA) is 58.2 Å². The fourth-order valence-electron chi connectivity index (χ4n) is 3.13. The Kier molecular flexibility index (Phi) is 6.01. The molecule has 2 amide bonds. The number of amides is 2. The zero-order valence-electron chi connectivity index (χ0n) is 16.1. The van der Waals surface area contributed by atoms with Gasteiger partial charge in [0.05, 0.1) is 6.04 Å². The van der Waals surface area contributed by atoms with Crippen LogP contribution in [-0.4, -0.2) is 11.8 Å². The summed E-state index contributed by atoms with van der Waals surface area (Å²) in [4.78, 5) is 26.2. The monoisotopic (exact) mass is 412 g/mol. The van der Waals surface area contributed by atoms with Crippen molar-refractivity contribution in [3.63, 3.8) is 0 Å². The second-order valence-electron chi connectivity index (χ2n) is 6.73. The Hall–Kier alpha value is -3.70. The lowest BCUT2D eigenvalue weighted by atomic mass is 10.0. The Morgan fingerprint density at radius 2 is 1.30 bits per heavy atom. The molecule has 0 saturated heterocycles. The molecule has 1 unspecified atom stereocenters. The third-order valence-corrected chi connectivity index (χ3v) is 5.61. The highest BCUT2D eigenvalue weighted by atomic mass is 32.1. The molecular weight excluding hydrogens is 392 g/mol. The van der Waals surface area contributed by atoms with Gasteiger partial charge in [-0.25, -0.2) is 0 Å². The van der Waals surface area contributed by atoms with E-state index in [-0.39, 0.29) is 17.9 Å². The number of hydrogen-bond donors (Lipinski definition) is 2. The predicted octanol–water partition coefficient (Wildman–Crippen LogP) is 5.52. The van der Waals surface area contributed by atoms with Crippen molar-refractivity contribution in [1.29, 1.82) is 0 Å². The van der Waals surface area contributed by atoms with Gasteiger partial charge in [-0.3, -0.25) is 9.59 Å². The molecule has 148 valence electrons. The van der Waals surface area contributed by atoms with Crippen LogP contribution in [0.3, 0.4) is 0 Å².